The van der Waals surface area contributed by atoms with E-state index in [2.05, 4.69) is 5.32 Å². The monoisotopic (exact) mass is 473 g/mol. The predicted molar refractivity (Wildman–Crippen MR) is 126 cm³/mol. The molecule has 0 spiro atoms. The highest BCUT2D eigenvalue weighted by atomic mass is 35.5. The number of carbonyl (C=O) groups is 3. The third-order valence-corrected chi connectivity index (χ3v) is 7.56. The van der Waals surface area contributed by atoms with Gasteiger partial charge in [0.2, 0.25) is 5.91 Å². The summed E-state index contributed by atoms with van der Waals surface area (Å²) in [6.07, 6.45) is 4.45. The molecule has 32 heavy (non-hydrogen) atoms. The van der Waals surface area contributed by atoms with Crippen LogP contribution in [0.3, 0.4) is 0 Å². The topological polar surface area (TPSA) is 69.7 Å². The largest absolute Gasteiger partial charge is 0.341 e. The van der Waals surface area contributed by atoms with Crippen LogP contribution in [-0.2, 0) is 4.79 Å². The highest BCUT2D eigenvalue weighted by Gasteiger charge is 2.37. The fourth-order valence-corrected chi connectivity index (χ4v) is 5.46. The maximum atomic E-state index is 13.5. The van der Waals surface area contributed by atoms with Crippen LogP contribution >= 0.6 is 22.9 Å². The van der Waals surface area contributed by atoms with Gasteiger partial charge in [-0.25, -0.2) is 0 Å². The average molecular weight is 474 g/mol. The Morgan fingerprint density at radius 1 is 0.938 bits per heavy atom. The van der Waals surface area contributed by atoms with Crippen molar-refractivity contribution in [2.45, 2.75) is 38.1 Å². The maximum absolute atomic E-state index is 13.5. The van der Waals surface area contributed by atoms with Crippen molar-refractivity contribution >= 4 is 40.7 Å². The van der Waals surface area contributed by atoms with Crippen LogP contribution in [0.1, 0.15) is 52.1 Å². The molecule has 0 saturated carbocycles. The van der Waals surface area contributed by atoms with Crippen molar-refractivity contribution in [3.63, 3.8) is 0 Å². The zero-order valence-electron chi connectivity index (χ0n) is 18.0. The number of halogens is 1. The van der Waals surface area contributed by atoms with E-state index in [1.165, 1.54) is 11.3 Å². The lowest BCUT2D eigenvalue weighted by atomic mass is 9.87. The summed E-state index contributed by atoms with van der Waals surface area (Å²) in [5, 5.41) is 5.26. The molecule has 8 heteroatoms. The van der Waals surface area contributed by atoms with Crippen LogP contribution in [-0.4, -0.2) is 59.7 Å². The van der Waals surface area contributed by atoms with Gasteiger partial charge in [-0.1, -0.05) is 29.8 Å². The first kappa shape index (κ1) is 22.8. The molecule has 1 aromatic carbocycles. The Morgan fingerprint density at radius 3 is 2.31 bits per heavy atom. The number of nitrogens with one attached hydrogen (secondary N) is 1. The van der Waals surface area contributed by atoms with Crippen LogP contribution in [0.5, 0.6) is 0 Å². The Balaban J connectivity index is 1.47. The highest BCUT2D eigenvalue weighted by molar-refractivity contribution is 7.12. The fraction of sp³-hybridized carbons (Fsp3) is 0.458. The number of benzene rings is 1. The molecule has 4 rings (SSSR count). The van der Waals surface area contributed by atoms with Gasteiger partial charge in [-0.2, -0.15) is 0 Å². The number of piperidine rings is 2. The third kappa shape index (κ3) is 5.15. The van der Waals surface area contributed by atoms with E-state index >= 15 is 0 Å². The molecule has 170 valence electrons. The van der Waals surface area contributed by atoms with E-state index < -0.39 is 6.04 Å². The summed E-state index contributed by atoms with van der Waals surface area (Å²) in [5.41, 5.74) is 0.371. The van der Waals surface area contributed by atoms with Crippen molar-refractivity contribution in [3.8, 4) is 0 Å². The van der Waals surface area contributed by atoms with Gasteiger partial charge in [-0.05, 0) is 61.6 Å². The van der Waals surface area contributed by atoms with Gasteiger partial charge in [0.1, 0.15) is 6.04 Å². The van der Waals surface area contributed by atoms with Crippen LogP contribution in [0.4, 0.5) is 0 Å². The van der Waals surface area contributed by atoms with Crippen LogP contribution < -0.4 is 5.32 Å². The smallest absolute Gasteiger partial charge is 0.263 e. The number of thiophene rings is 1. The van der Waals surface area contributed by atoms with E-state index in [0.717, 1.165) is 37.2 Å². The summed E-state index contributed by atoms with van der Waals surface area (Å²) in [6, 6.07) is 9.98. The minimum Gasteiger partial charge on any atom is -0.341 e. The summed E-state index contributed by atoms with van der Waals surface area (Å²) in [7, 11) is 0. The van der Waals surface area contributed by atoms with Crippen molar-refractivity contribution in [2.75, 3.05) is 26.2 Å². The Labute approximate surface area is 197 Å². The third-order valence-electron chi connectivity index (χ3n) is 6.37. The summed E-state index contributed by atoms with van der Waals surface area (Å²) < 4.78 is 0. The molecular formula is C24H28ClN3O3S. The molecule has 2 aliphatic rings. The number of hydrogen-bond donors (Lipinski definition) is 1. The zero-order chi connectivity index (χ0) is 22.5. The van der Waals surface area contributed by atoms with Crippen molar-refractivity contribution in [2.24, 2.45) is 5.92 Å². The Hall–Kier alpha value is -2.38. The van der Waals surface area contributed by atoms with Crippen LogP contribution in [0.2, 0.25) is 5.02 Å². The first-order chi connectivity index (χ1) is 15.5. The molecule has 2 aliphatic heterocycles. The lowest BCUT2D eigenvalue weighted by Crippen LogP contribution is -2.55. The van der Waals surface area contributed by atoms with Gasteiger partial charge in [0.25, 0.3) is 11.8 Å². The average Bonchev–Trinajstić information content (AvgIpc) is 3.37. The Bertz CT molecular complexity index is 951. The minimum absolute atomic E-state index is 0.0202. The molecule has 0 radical (unpaired) electrons. The lowest BCUT2D eigenvalue weighted by molar-refractivity contribution is -0.136. The second-order valence-electron chi connectivity index (χ2n) is 8.42. The zero-order valence-corrected chi connectivity index (χ0v) is 19.5. The number of amides is 3. The minimum atomic E-state index is -0.615. The number of likely N-dealkylation sites (tertiary alicyclic amines) is 2. The molecule has 3 amide bonds. The molecule has 0 bridgehead atoms. The molecule has 2 saturated heterocycles. The number of hydrogen-bond acceptors (Lipinski definition) is 4. The van der Waals surface area contributed by atoms with Gasteiger partial charge in [0.05, 0.1) is 15.5 Å². The maximum Gasteiger partial charge on any atom is 0.263 e. The summed E-state index contributed by atoms with van der Waals surface area (Å²) in [4.78, 5) is 43.6. The number of carbonyl (C=O) groups excluding carboxylic acids is 3. The van der Waals surface area contributed by atoms with Gasteiger partial charge in [0, 0.05) is 26.2 Å². The molecule has 0 unspecified atom stereocenters. The predicted octanol–water partition coefficient (Wildman–Crippen LogP) is 4.06. The summed E-state index contributed by atoms with van der Waals surface area (Å²) in [6.45, 7) is 2.61. The highest BCUT2D eigenvalue weighted by Crippen LogP contribution is 2.26. The fourth-order valence-electron chi connectivity index (χ4n) is 4.55. The quantitative estimate of drug-likeness (QED) is 0.711. The van der Waals surface area contributed by atoms with E-state index in [1.54, 1.807) is 24.3 Å². The normalized spacial score (nSPS) is 18.3. The molecule has 0 aliphatic carbocycles. The van der Waals surface area contributed by atoms with Crippen LogP contribution in [0.25, 0.3) is 0 Å². The van der Waals surface area contributed by atoms with Crippen molar-refractivity contribution in [1.29, 1.82) is 0 Å². The molecule has 1 aromatic heterocycles. The first-order valence-corrected chi connectivity index (χ1v) is 12.5. The standard InChI is InChI=1S/C24H28ClN3O3S/c25-19-8-3-2-7-18(19)22(29)26-21(24(31)27-12-4-1-5-13-27)17-10-14-28(15-11-17)23(30)20-9-6-16-32-20/h2-3,6-9,16-17,21H,1,4-5,10-15H2,(H,26,29)/t21-/m0/s1. The molecule has 2 aromatic rings. The second kappa shape index (κ2) is 10.5. The van der Waals surface area contributed by atoms with Crippen LogP contribution in [0.15, 0.2) is 41.8 Å². The van der Waals surface area contributed by atoms with Gasteiger partial charge in [-0.3, -0.25) is 14.4 Å². The summed E-state index contributed by atoms with van der Waals surface area (Å²) in [5.74, 6) is -0.336. The molecule has 6 nitrogen and oxygen atoms in total. The van der Waals surface area contributed by atoms with E-state index in [-0.39, 0.29) is 23.6 Å². The van der Waals surface area contributed by atoms with E-state index in [0.29, 0.717) is 36.5 Å². The molecule has 3 heterocycles. The SMILES string of the molecule is O=C(N[C@H](C(=O)N1CCCCC1)C1CCN(C(=O)c2cccs2)CC1)c1ccccc1Cl. The molecule has 1 atom stereocenters. The van der Waals surface area contributed by atoms with Gasteiger partial charge in [-0.15, -0.1) is 11.3 Å². The Morgan fingerprint density at radius 2 is 1.66 bits per heavy atom. The van der Waals surface area contributed by atoms with Crippen molar-refractivity contribution in [1.82, 2.24) is 15.1 Å². The van der Waals surface area contributed by atoms with Crippen LogP contribution in [0, 0.1) is 5.92 Å². The molecule has 2 fully saturated rings. The molecule has 1 N–H and O–H groups in total. The lowest BCUT2D eigenvalue weighted by Gasteiger charge is -2.38. The van der Waals surface area contributed by atoms with E-state index in [4.69, 9.17) is 11.6 Å². The van der Waals surface area contributed by atoms with Gasteiger partial charge >= 0.3 is 0 Å². The van der Waals surface area contributed by atoms with Crippen molar-refractivity contribution in [3.05, 3.63) is 57.2 Å². The van der Waals surface area contributed by atoms with Gasteiger partial charge in [0.15, 0.2) is 0 Å². The number of rotatable bonds is 5. The molecular weight excluding hydrogens is 446 g/mol. The van der Waals surface area contributed by atoms with E-state index in [9.17, 15) is 14.4 Å². The van der Waals surface area contributed by atoms with Crippen molar-refractivity contribution < 1.29 is 14.4 Å². The summed E-state index contributed by atoms with van der Waals surface area (Å²) >= 11 is 7.66. The first-order valence-electron chi connectivity index (χ1n) is 11.2. The second-order valence-corrected chi connectivity index (χ2v) is 9.78. The van der Waals surface area contributed by atoms with E-state index in [1.807, 2.05) is 27.3 Å². The Kier molecular flexibility index (Phi) is 7.48. The van der Waals surface area contributed by atoms with Gasteiger partial charge < -0.3 is 15.1 Å². The number of nitrogens with zero attached hydrogens (tertiary/aromatic N) is 2.